The van der Waals surface area contributed by atoms with Crippen molar-refractivity contribution in [1.29, 1.82) is 0 Å². The molecule has 0 saturated carbocycles. The lowest BCUT2D eigenvalue weighted by Gasteiger charge is -2.16. The van der Waals surface area contributed by atoms with Crippen LogP contribution in [0.25, 0.3) is 0 Å². The molecule has 1 N–H and O–H groups in total. The highest BCUT2D eigenvalue weighted by Crippen LogP contribution is 2.16. The normalized spacial score (nSPS) is 12.2. The molecule has 0 radical (unpaired) electrons. The Kier molecular flexibility index (Phi) is 40.0. The van der Waals surface area contributed by atoms with E-state index < -0.39 is 6.10 Å². The molecule has 46 heavy (non-hydrogen) atoms. The molecule has 0 rings (SSSR count). The fourth-order valence-corrected chi connectivity index (χ4v) is 6.51. The van der Waals surface area contributed by atoms with Crippen LogP contribution in [-0.2, 0) is 14.3 Å². The van der Waals surface area contributed by atoms with Gasteiger partial charge in [0, 0.05) is 13.0 Å². The van der Waals surface area contributed by atoms with Crippen molar-refractivity contribution in [3.63, 3.8) is 0 Å². The first-order valence-corrected chi connectivity index (χ1v) is 21.1. The van der Waals surface area contributed by atoms with Crippen LogP contribution in [0.1, 0.15) is 239 Å². The quantitative estimate of drug-likeness (QED) is 0.0528. The zero-order valence-corrected chi connectivity index (χ0v) is 31.6. The monoisotopic (exact) mass is 653 g/mol. The zero-order valence-electron chi connectivity index (χ0n) is 31.6. The van der Waals surface area contributed by atoms with E-state index in [2.05, 4.69) is 13.8 Å². The Hall–Kier alpha value is -0.610. The van der Waals surface area contributed by atoms with Gasteiger partial charge in [-0.3, -0.25) is 4.79 Å². The third kappa shape index (κ3) is 37.8. The van der Waals surface area contributed by atoms with Crippen molar-refractivity contribution < 1.29 is 19.4 Å². The SMILES string of the molecule is CCCCCCCCCCCCCCCCCCCCCCCCCCCC(=O)OC(CO)COCCCCCCCCCCC. The molecule has 4 heteroatoms. The molecule has 0 aromatic rings. The van der Waals surface area contributed by atoms with Gasteiger partial charge in [0.2, 0.25) is 0 Å². The van der Waals surface area contributed by atoms with Gasteiger partial charge in [-0.15, -0.1) is 0 Å². The Labute approximate surface area is 289 Å². The van der Waals surface area contributed by atoms with Crippen LogP contribution in [0.4, 0.5) is 0 Å². The Morgan fingerprint density at radius 3 is 1.02 bits per heavy atom. The number of hydrogen-bond acceptors (Lipinski definition) is 4. The minimum absolute atomic E-state index is 0.164. The third-order valence-electron chi connectivity index (χ3n) is 9.68. The van der Waals surface area contributed by atoms with E-state index in [1.165, 1.54) is 199 Å². The summed E-state index contributed by atoms with van der Waals surface area (Å²) >= 11 is 0. The topological polar surface area (TPSA) is 55.8 Å². The van der Waals surface area contributed by atoms with Crippen molar-refractivity contribution in [3.05, 3.63) is 0 Å². The van der Waals surface area contributed by atoms with Gasteiger partial charge in [0.05, 0.1) is 13.2 Å². The van der Waals surface area contributed by atoms with Gasteiger partial charge >= 0.3 is 5.97 Å². The van der Waals surface area contributed by atoms with Crippen LogP contribution in [0.3, 0.4) is 0 Å². The molecule has 0 spiro atoms. The standard InChI is InChI=1S/C42H84O4/c1-3-5-7-9-11-13-14-15-16-17-18-19-20-21-22-23-24-25-26-27-28-29-31-33-35-37-42(44)46-41(39-43)40-45-38-36-34-32-30-12-10-8-6-4-2/h41,43H,3-40H2,1-2H3. The van der Waals surface area contributed by atoms with E-state index in [1.54, 1.807) is 0 Å². The van der Waals surface area contributed by atoms with Gasteiger partial charge in [-0.25, -0.2) is 0 Å². The third-order valence-corrected chi connectivity index (χ3v) is 9.68. The fourth-order valence-electron chi connectivity index (χ4n) is 6.51. The van der Waals surface area contributed by atoms with Crippen molar-refractivity contribution in [2.45, 2.75) is 245 Å². The summed E-state index contributed by atoms with van der Waals surface area (Å²) in [5.41, 5.74) is 0. The molecule has 0 aliphatic heterocycles. The molecule has 0 bridgehead atoms. The van der Waals surface area contributed by atoms with Crippen molar-refractivity contribution in [2.24, 2.45) is 0 Å². The van der Waals surface area contributed by atoms with Gasteiger partial charge < -0.3 is 14.6 Å². The van der Waals surface area contributed by atoms with Gasteiger partial charge in [0.25, 0.3) is 0 Å². The summed E-state index contributed by atoms with van der Waals surface area (Å²) < 4.78 is 11.1. The second kappa shape index (κ2) is 40.6. The van der Waals surface area contributed by atoms with E-state index in [1.807, 2.05) is 0 Å². The minimum atomic E-state index is -0.523. The van der Waals surface area contributed by atoms with E-state index in [0.717, 1.165) is 19.3 Å². The van der Waals surface area contributed by atoms with Crippen molar-refractivity contribution >= 4 is 5.97 Å². The van der Waals surface area contributed by atoms with E-state index >= 15 is 0 Å². The lowest BCUT2D eigenvalue weighted by atomic mass is 10.0. The number of rotatable bonds is 40. The Morgan fingerprint density at radius 1 is 0.435 bits per heavy atom. The molecule has 0 aliphatic rings. The average Bonchev–Trinajstić information content (AvgIpc) is 3.06. The highest BCUT2D eigenvalue weighted by molar-refractivity contribution is 5.69. The Morgan fingerprint density at radius 2 is 0.717 bits per heavy atom. The molecule has 0 amide bonds. The van der Waals surface area contributed by atoms with E-state index in [4.69, 9.17) is 9.47 Å². The average molecular weight is 653 g/mol. The zero-order chi connectivity index (χ0) is 33.4. The number of unbranched alkanes of at least 4 members (excludes halogenated alkanes) is 32. The first-order chi connectivity index (χ1) is 22.7. The van der Waals surface area contributed by atoms with Gasteiger partial charge in [0.1, 0.15) is 6.10 Å². The first-order valence-electron chi connectivity index (χ1n) is 21.1. The van der Waals surface area contributed by atoms with Gasteiger partial charge in [-0.2, -0.15) is 0 Å². The summed E-state index contributed by atoms with van der Waals surface area (Å²) in [7, 11) is 0. The van der Waals surface area contributed by atoms with E-state index in [9.17, 15) is 9.90 Å². The molecule has 1 atom stereocenters. The largest absolute Gasteiger partial charge is 0.457 e. The van der Waals surface area contributed by atoms with Gasteiger partial charge in [-0.1, -0.05) is 219 Å². The number of carbonyl (C=O) groups is 1. The number of ether oxygens (including phenoxy) is 2. The minimum Gasteiger partial charge on any atom is -0.457 e. The molecule has 0 aromatic carbocycles. The van der Waals surface area contributed by atoms with Crippen LogP contribution < -0.4 is 0 Å². The smallest absolute Gasteiger partial charge is 0.306 e. The van der Waals surface area contributed by atoms with Crippen LogP contribution in [0.2, 0.25) is 0 Å². The second-order valence-electron chi connectivity index (χ2n) is 14.4. The Balaban J connectivity index is 3.30. The van der Waals surface area contributed by atoms with Crippen LogP contribution in [0, 0.1) is 0 Å². The number of hydrogen-bond donors (Lipinski definition) is 1. The van der Waals surface area contributed by atoms with Crippen LogP contribution in [0.5, 0.6) is 0 Å². The molecule has 0 fully saturated rings. The number of aliphatic hydroxyl groups is 1. The maximum atomic E-state index is 12.2. The molecular weight excluding hydrogens is 568 g/mol. The molecule has 0 aliphatic carbocycles. The maximum absolute atomic E-state index is 12.2. The summed E-state index contributed by atoms with van der Waals surface area (Å²) in [5.74, 6) is -0.195. The molecule has 276 valence electrons. The van der Waals surface area contributed by atoms with E-state index in [0.29, 0.717) is 19.6 Å². The van der Waals surface area contributed by atoms with Crippen LogP contribution in [0.15, 0.2) is 0 Å². The van der Waals surface area contributed by atoms with E-state index in [-0.39, 0.29) is 12.6 Å². The maximum Gasteiger partial charge on any atom is 0.306 e. The lowest BCUT2D eigenvalue weighted by molar-refractivity contribution is -0.154. The number of esters is 1. The van der Waals surface area contributed by atoms with Crippen molar-refractivity contribution in [3.8, 4) is 0 Å². The molecule has 4 nitrogen and oxygen atoms in total. The molecule has 0 aromatic heterocycles. The molecule has 0 heterocycles. The highest BCUT2D eigenvalue weighted by Gasteiger charge is 2.13. The number of carbonyl (C=O) groups excluding carboxylic acids is 1. The number of aliphatic hydroxyl groups excluding tert-OH is 1. The predicted molar refractivity (Wildman–Crippen MR) is 201 cm³/mol. The molecule has 0 saturated heterocycles. The summed E-state index contributed by atoms with van der Waals surface area (Å²) in [4.78, 5) is 12.2. The van der Waals surface area contributed by atoms with Crippen molar-refractivity contribution in [1.82, 2.24) is 0 Å². The predicted octanol–water partition coefficient (Wildman–Crippen LogP) is 13.6. The van der Waals surface area contributed by atoms with Crippen LogP contribution in [-0.4, -0.2) is 37.0 Å². The summed E-state index contributed by atoms with van der Waals surface area (Å²) in [6, 6.07) is 0. The van der Waals surface area contributed by atoms with Crippen LogP contribution >= 0.6 is 0 Å². The van der Waals surface area contributed by atoms with Crippen molar-refractivity contribution in [2.75, 3.05) is 19.8 Å². The fraction of sp³-hybridized carbons (Fsp3) is 0.976. The molecular formula is C42H84O4. The summed E-state index contributed by atoms with van der Waals surface area (Å²) in [5, 5.41) is 9.54. The lowest BCUT2D eigenvalue weighted by Crippen LogP contribution is -2.27. The molecule has 1 unspecified atom stereocenters. The highest BCUT2D eigenvalue weighted by atomic mass is 16.6. The second-order valence-corrected chi connectivity index (χ2v) is 14.4. The summed E-state index contributed by atoms with van der Waals surface area (Å²) in [6.45, 7) is 5.38. The van der Waals surface area contributed by atoms with Gasteiger partial charge in [0.15, 0.2) is 0 Å². The first kappa shape index (κ1) is 45.4. The Bertz CT molecular complexity index is 566. The summed E-state index contributed by atoms with van der Waals surface area (Å²) in [6.07, 6.45) is 46.0. The van der Waals surface area contributed by atoms with Gasteiger partial charge in [-0.05, 0) is 12.8 Å².